The molecule has 0 aliphatic carbocycles. The second-order valence-electron chi connectivity index (χ2n) is 11.4. The lowest BCUT2D eigenvalue weighted by Gasteiger charge is -2.29. The fraction of sp³-hybridized carbons (Fsp3) is 0.179. The molecule has 0 saturated carbocycles. The predicted octanol–water partition coefficient (Wildman–Crippen LogP) is 10.2. The highest BCUT2D eigenvalue weighted by molar-refractivity contribution is 7.80. The third-order valence-electron chi connectivity index (χ3n) is 8.12. The van der Waals surface area contributed by atoms with Crippen molar-refractivity contribution in [2.75, 3.05) is 0 Å². The molecule has 6 rings (SSSR count). The molecule has 204 valence electrons. The van der Waals surface area contributed by atoms with Gasteiger partial charge in [0.05, 0.1) is 0 Å². The van der Waals surface area contributed by atoms with Gasteiger partial charge in [-0.2, -0.15) is 0 Å². The zero-order chi connectivity index (χ0) is 28.3. The van der Waals surface area contributed by atoms with E-state index in [1.165, 1.54) is 54.1 Å². The molecule has 0 saturated heterocycles. The first kappa shape index (κ1) is 27.8. The highest BCUT2D eigenvalue weighted by Crippen LogP contribution is 2.52. The molecule has 41 heavy (non-hydrogen) atoms. The molecule has 0 amide bonds. The number of hydrogen-bond donors (Lipinski definition) is 0. The molecule has 6 aromatic carbocycles. The predicted molar refractivity (Wildman–Crippen MR) is 186 cm³/mol. The van der Waals surface area contributed by atoms with Crippen molar-refractivity contribution in [2.24, 2.45) is 0 Å². The van der Waals surface area contributed by atoms with Gasteiger partial charge in [0.15, 0.2) is 0 Å². The maximum Gasteiger partial charge on any atom is -0.00126 e. The molecule has 0 atom stereocenters. The average molecular weight is 569 g/mol. The third-order valence-corrected chi connectivity index (χ3v) is 14.0. The van der Waals surface area contributed by atoms with Crippen LogP contribution in [0, 0.1) is 0 Å². The van der Waals surface area contributed by atoms with Crippen molar-refractivity contribution in [2.45, 2.75) is 45.2 Å². The Bertz CT molecular complexity index is 1720. The standard InChI is InChI=1S/C39H38P2/c1-28(2)40(29(3)4)27-32-24-23-30-15-11-13-21-35(30)38(32)39-36-22-14-12-16-31(36)25-26-37(39)41(33-17-7-5-8-18-33)34-19-9-6-10-20-34/h5-26,28-29H,27H2,1-4H3. The average Bonchev–Trinajstić information content (AvgIpc) is 3.00. The van der Waals surface area contributed by atoms with Crippen LogP contribution in [0.5, 0.6) is 0 Å². The summed E-state index contributed by atoms with van der Waals surface area (Å²) in [5, 5.41) is 9.54. The quantitative estimate of drug-likeness (QED) is 0.160. The summed E-state index contributed by atoms with van der Waals surface area (Å²) in [5.74, 6) is 0. The third kappa shape index (κ3) is 5.62. The molecule has 0 unspecified atom stereocenters. The fourth-order valence-corrected chi connectivity index (χ4v) is 11.2. The minimum atomic E-state index is -0.771. The van der Waals surface area contributed by atoms with Crippen LogP contribution in [0.4, 0.5) is 0 Å². The van der Waals surface area contributed by atoms with Crippen LogP contribution in [-0.4, -0.2) is 11.3 Å². The van der Waals surface area contributed by atoms with Gasteiger partial charge in [-0.15, -0.1) is 0 Å². The van der Waals surface area contributed by atoms with Crippen LogP contribution >= 0.6 is 15.8 Å². The zero-order valence-corrected chi connectivity index (χ0v) is 26.2. The second-order valence-corrected chi connectivity index (χ2v) is 17.0. The molecule has 0 nitrogen and oxygen atoms in total. The van der Waals surface area contributed by atoms with Crippen molar-refractivity contribution in [3.8, 4) is 11.1 Å². The van der Waals surface area contributed by atoms with Crippen LogP contribution in [0.1, 0.15) is 33.3 Å². The lowest BCUT2D eigenvalue weighted by atomic mass is 9.90. The fourth-order valence-electron chi connectivity index (χ4n) is 6.19. The van der Waals surface area contributed by atoms with E-state index in [1.54, 1.807) is 0 Å². The van der Waals surface area contributed by atoms with Crippen molar-refractivity contribution >= 4 is 53.3 Å². The molecule has 0 spiro atoms. The Balaban J connectivity index is 1.73. The van der Waals surface area contributed by atoms with Crippen LogP contribution in [-0.2, 0) is 6.16 Å². The maximum absolute atomic E-state index is 2.44. The first-order valence-corrected chi connectivity index (χ1v) is 17.7. The molecule has 0 bridgehead atoms. The Morgan fingerprint density at radius 1 is 0.463 bits per heavy atom. The summed E-state index contributed by atoms with van der Waals surface area (Å²) in [5.41, 5.74) is 5.70. The van der Waals surface area contributed by atoms with Gasteiger partial charge in [0, 0.05) is 0 Å². The second kappa shape index (κ2) is 12.3. The van der Waals surface area contributed by atoms with Crippen molar-refractivity contribution < 1.29 is 0 Å². The topological polar surface area (TPSA) is 0 Å². The molecule has 0 radical (unpaired) electrons. The SMILES string of the molecule is CC(C)P(Cc1ccc2ccccc2c1-c1c(P(c2ccccc2)c2ccccc2)ccc2ccccc12)C(C)C. The number of hydrogen-bond acceptors (Lipinski definition) is 0. The van der Waals surface area contributed by atoms with Gasteiger partial charge in [-0.05, 0) is 79.6 Å². The lowest BCUT2D eigenvalue weighted by Crippen LogP contribution is -2.22. The Labute approximate surface area is 248 Å². The smallest absolute Gasteiger partial charge is 0.00126 e. The maximum atomic E-state index is 2.44. The molecular weight excluding hydrogens is 530 g/mol. The van der Waals surface area contributed by atoms with Crippen molar-refractivity contribution in [3.05, 3.63) is 139 Å². The van der Waals surface area contributed by atoms with E-state index in [1.807, 2.05) is 0 Å². The van der Waals surface area contributed by atoms with E-state index in [4.69, 9.17) is 0 Å². The molecule has 0 aliphatic heterocycles. The number of fused-ring (bicyclic) bond motifs is 2. The highest BCUT2D eigenvalue weighted by Gasteiger charge is 2.26. The van der Waals surface area contributed by atoms with Gasteiger partial charge in [0.25, 0.3) is 0 Å². The number of rotatable bonds is 8. The summed E-state index contributed by atoms with van der Waals surface area (Å²) < 4.78 is 0. The van der Waals surface area contributed by atoms with Gasteiger partial charge in [-0.3, -0.25) is 0 Å². The minimum absolute atomic E-state index is 0.167. The van der Waals surface area contributed by atoms with Crippen molar-refractivity contribution in [1.29, 1.82) is 0 Å². The molecule has 6 aromatic rings. The molecular formula is C39H38P2. The van der Waals surface area contributed by atoms with Gasteiger partial charge < -0.3 is 0 Å². The van der Waals surface area contributed by atoms with Gasteiger partial charge in [0.2, 0.25) is 0 Å². The van der Waals surface area contributed by atoms with E-state index in [0.717, 1.165) is 6.16 Å². The van der Waals surface area contributed by atoms with E-state index in [-0.39, 0.29) is 7.92 Å². The highest BCUT2D eigenvalue weighted by atomic mass is 31.1. The zero-order valence-electron chi connectivity index (χ0n) is 24.5. The van der Waals surface area contributed by atoms with E-state index in [9.17, 15) is 0 Å². The van der Waals surface area contributed by atoms with Crippen LogP contribution in [0.2, 0.25) is 0 Å². The molecule has 0 fully saturated rings. The van der Waals surface area contributed by atoms with Gasteiger partial charge in [-0.25, -0.2) is 0 Å². The van der Waals surface area contributed by atoms with Crippen LogP contribution in [0.3, 0.4) is 0 Å². The van der Waals surface area contributed by atoms with E-state index in [2.05, 4.69) is 161 Å². The molecule has 0 aliphatic rings. The van der Waals surface area contributed by atoms with Crippen molar-refractivity contribution in [3.63, 3.8) is 0 Å². The van der Waals surface area contributed by atoms with Crippen LogP contribution in [0.25, 0.3) is 32.7 Å². The summed E-state index contributed by atoms with van der Waals surface area (Å²) in [7, 11) is -0.939. The molecule has 0 N–H and O–H groups in total. The Hall–Kier alpha value is -3.30. The van der Waals surface area contributed by atoms with E-state index >= 15 is 0 Å². The largest absolute Gasteiger partial charge is 0.0969 e. The first-order valence-electron chi connectivity index (χ1n) is 14.7. The van der Waals surface area contributed by atoms with Gasteiger partial charge in [-0.1, -0.05) is 169 Å². The Morgan fingerprint density at radius 3 is 1.46 bits per heavy atom. The van der Waals surface area contributed by atoms with E-state index in [0.29, 0.717) is 11.3 Å². The number of benzene rings is 6. The van der Waals surface area contributed by atoms with Crippen molar-refractivity contribution in [1.82, 2.24) is 0 Å². The summed E-state index contributed by atoms with van der Waals surface area (Å²) >= 11 is 0. The molecule has 0 heterocycles. The summed E-state index contributed by atoms with van der Waals surface area (Å²) in [6.45, 7) is 9.67. The summed E-state index contributed by atoms with van der Waals surface area (Å²) in [6, 6.07) is 49.9. The van der Waals surface area contributed by atoms with Crippen LogP contribution in [0.15, 0.2) is 133 Å². The van der Waals surface area contributed by atoms with Crippen LogP contribution < -0.4 is 15.9 Å². The lowest BCUT2D eigenvalue weighted by molar-refractivity contribution is 0.996. The summed E-state index contributed by atoms with van der Waals surface area (Å²) in [6.07, 6.45) is 1.14. The normalized spacial score (nSPS) is 11.9. The molecule has 0 aromatic heterocycles. The Morgan fingerprint density at radius 2 is 0.927 bits per heavy atom. The Kier molecular flexibility index (Phi) is 8.35. The van der Waals surface area contributed by atoms with Gasteiger partial charge >= 0.3 is 0 Å². The summed E-state index contributed by atoms with van der Waals surface area (Å²) in [4.78, 5) is 0. The monoisotopic (exact) mass is 568 g/mol. The first-order chi connectivity index (χ1) is 20.0. The minimum Gasteiger partial charge on any atom is -0.0969 e. The van der Waals surface area contributed by atoms with Gasteiger partial charge in [0.1, 0.15) is 0 Å². The van der Waals surface area contributed by atoms with E-state index < -0.39 is 7.92 Å². The molecule has 2 heteroatoms.